The van der Waals surface area contributed by atoms with Gasteiger partial charge in [-0.1, -0.05) is 0 Å². The van der Waals surface area contributed by atoms with Crippen LogP contribution in [-0.4, -0.2) is 38.6 Å². The number of aromatic nitrogens is 2. The van der Waals surface area contributed by atoms with Gasteiger partial charge in [0.15, 0.2) is 0 Å². The van der Waals surface area contributed by atoms with Crippen molar-refractivity contribution in [1.29, 1.82) is 0 Å². The Balaban J connectivity index is 1.87. The lowest BCUT2D eigenvalue weighted by Gasteiger charge is -2.26. The predicted octanol–water partition coefficient (Wildman–Crippen LogP) is 2.20. The first-order valence-corrected chi connectivity index (χ1v) is 7.47. The fraction of sp³-hybridized carbons (Fsp3) is 0.714. The Morgan fingerprint density at radius 2 is 1.95 bits per heavy atom. The van der Waals surface area contributed by atoms with E-state index in [-0.39, 0.29) is 11.6 Å². The van der Waals surface area contributed by atoms with Crippen LogP contribution in [0.4, 0.5) is 5.69 Å². The van der Waals surface area contributed by atoms with Crippen molar-refractivity contribution in [3.63, 3.8) is 0 Å². The van der Waals surface area contributed by atoms with E-state index in [0.29, 0.717) is 30.8 Å². The zero-order valence-corrected chi connectivity index (χ0v) is 12.7. The molecule has 7 heteroatoms. The number of carbonyl (C=O) groups excluding carboxylic acids is 1. The lowest BCUT2D eigenvalue weighted by atomic mass is 10.1. The summed E-state index contributed by atoms with van der Waals surface area (Å²) >= 11 is 0. The number of amides is 1. The fourth-order valence-corrected chi connectivity index (χ4v) is 2.85. The molecule has 1 aromatic heterocycles. The summed E-state index contributed by atoms with van der Waals surface area (Å²) < 4.78 is 1.64. The molecule has 0 radical (unpaired) electrons. The van der Waals surface area contributed by atoms with Gasteiger partial charge in [-0.15, -0.1) is 0 Å². The van der Waals surface area contributed by atoms with Gasteiger partial charge in [0.2, 0.25) is 5.91 Å². The molecule has 1 aliphatic rings. The average Bonchev–Trinajstić information content (AvgIpc) is 2.74. The minimum absolute atomic E-state index is 0.0809. The highest BCUT2D eigenvalue weighted by molar-refractivity contribution is 5.76. The van der Waals surface area contributed by atoms with Crippen LogP contribution < -0.4 is 0 Å². The normalized spacial score (nSPS) is 15.2. The summed E-state index contributed by atoms with van der Waals surface area (Å²) in [6.45, 7) is 5.61. The maximum Gasteiger partial charge on any atom is 0.312 e. The lowest BCUT2D eigenvalue weighted by Crippen LogP contribution is -2.35. The minimum atomic E-state index is -0.396. The van der Waals surface area contributed by atoms with E-state index < -0.39 is 4.92 Å². The summed E-state index contributed by atoms with van der Waals surface area (Å²) in [6, 6.07) is 0. The van der Waals surface area contributed by atoms with E-state index in [9.17, 15) is 14.9 Å². The van der Waals surface area contributed by atoms with Crippen molar-refractivity contribution in [2.24, 2.45) is 0 Å². The third-order valence-electron chi connectivity index (χ3n) is 4.00. The van der Waals surface area contributed by atoms with E-state index in [0.717, 1.165) is 25.9 Å². The van der Waals surface area contributed by atoms with Crippen LogP contribution >= 0.6 is 0 Å². The number of aryl methyl sites for hydroxylation is 2. The maximum absolute atomic E-state index is 12.0. The highest BCUT2D eigenvalue weighted by Crippen LogP contribution is 2.22. The number of nitrogens with zero attached hydrogens (tertiary/aromatic N) is 4. The van der Waals surface area contributed by atoms with Crippen molar-refractivity contribution in [2.45, 2.75) is 52.5 Å². The molecule has 1 aromatic rings. The van der Waals surface area contributed by atoms with Crippen molar-refractivity contribution in [1.82, 2.24) is 14.7 Å². The molecule has 0 atom stereocenters. The summed E-state index contributed by atoms with van der Waals surface area (Å²) in [7, 11) is 0. The zero-order valence-electron chi connectivity index (χ0n) is 12.7. The molecule has 7 nitrogen and oxygen atoms in total. The molecule has 2 heterocycles. The first-order chi connectivity index (χ1) is 10.0. The number of piperidine rings is 1. The molecule has 0 saturated carbocycles. The van der Waals surface area contributed by atoms with E-state index in [1.165, 1.54) is 6.42 Å². The Bertz CT molecular complexity index is 533. The summed E-state index contributed by atoms with van der Waals surface area (Å²) in [6.07, 6.45) is 4.53. The Morgan fingerprint density at radius 1 is 1.29 bits per heavy atom. The SMILES string of the molecule is Cc1nn(CCCC(=O)N2CCCCC2)c(C)c1[N+](=O)[O-]. The lowest BCUT2D eigenvalue weighted by molar-refractivity contribution is -0.386. The van der Waals surface area contributed by atoms with Crippen LogP contribution in [0.15, 0.2) is 0 Å². The number of rotatable bonds is 5. The van der Waals surface area contributed by atoms with Gasteiger partial charge in [-0.05, 0) is 39.5 Å². The summed E-state index contributed by atoms with van der Waals surface area (Å²) in [5.74, 6) is 0.186. The van der Waals surface area contributed by atoms with Gasteiger partial charge >= 0.3 is 5.69 Å². The molecule has 2 rings (SSSR count). The van der Waals surface area contributed by atoms with E-state index in [2.05, 4.69) is 5.10 Å². The van der Waals surface area contributed by atoms with Crippen molar-refractivity contribution in [3.8, 4) is 0 Å². The molecule has 1 amide bonds. The third kappa shape index (κ3) is 3.59. The third-order valence-corrected chi connectivity index (χ3v) is 4.00. The van der Waals surface area contributed by atoms with E-state index in [1.54, 1.807) is 18.5 Å². The van der Waals surface area contributed by atoms with Gasteiger partial charge < -0.3 is 4.90 Å². The van der Waals surface area contributed by atoms with Crippen LogP contribution in [-0.2, 0) is 11.3 Å². The maximum atomic E-state index is 12.0. The topological polar surface area (TPSA) is 81.3 Å². The van der Waals surface area contributed by atoms with Crippen LogP contribution in [0.5, 0.6) is 0 Å². The van der Waals surface area contributed by atoms with Crippen molar-refractivity contribution in [2.75, 3.05) is 13.1 Å². The van der Waals surface area contributed by atoms with Crippen LogP contribution in [0.2, 0.25) is 0 Å². The molecule has 0 aromatic carbocycles. The molecule has 0 aliphatic carbocycles. The molecule has 0 N–H and O–H groups in total. The fourth-order valence-electron chi connectivity index (χ4n) is 2.85. The smallest absolute Gasteiger partial charge is 0.312 e. The van der Waals surface area contributed by atoms with Gasteiger partial charge in [0.1, 0.15) is 11.4 Å². The average molecular weight is 294 g/mol. The van der Waals surface area contributed by atoms with Crippen molar-refractivity contribution < 1.29 is 9.72 Å². The van der Waals surface area contributed by atoms with Gasteiger partial charge in [-0.25, -0.2) is 0 Å². The quantitative estimate of drug-likeness (QED) is 0.616. The molecular weight excluding hydrogens is 272 g/mol. The van der Waals surface area contributed by atoms with Crippen LogP contribution in [0.3, 0.4) is 0 Å². The standard InChI is InChI=1S/C14H22N4O3/c1-11-14(18(20)21)12(2)17(15-11)10-6-7-13(19)16-8-4-3-5-9-16/h3-10H2,1-2H3. The monoisotopic (exact) mass is 294 g/mol. The van der Waals surface area contributed by atoms with Gasteiger partial charge in [0.25, 0.3) is 0 Å². The molecule has 1 saturated heterocycles. The zero-order chi connectivity index (χ0) is 15.4. The summed E-state index contributed by atoms with van der Waals surface area (Å²) in [5.41, 5.74) is 1.07. The van der Waals surface area contributed by atoms with E-state index in [4.69, 9.17) is 0 Å². The highest BCUT2D eigenvalue weighted by atomic mass is 16.6. The molecular formula is C14H22N4O3. The van der Waals surface area contributed by atoms with Crippen LogP contribution in [0, 0.1) is 24.0 Å². The molecule has 1 fully saturated rings. The Labute approximate surface area is 124 Å². The first-order valence-electron chi connectivity index (χ1n) is 7.47. The molecule has 21 heavy (non-hydrogen) atoms. The molecule has 1 aliphatic heterocycles. The largest absolute Gasteiger partial charge is 0.343 e. The van der Waals surface area contributed by atoms with Crippen molar-refractivity contribution >= 4 is 11.6 Å². The Kier molecular flexibility index (Phi) is 4.93. The second-order valence-electron chi connectivity index (χ2n) is 5.54. The van der Waals surface area contributed by atoms with Gasteiger partial charge in [-0.2, -0.15) is 5.10 Å². The van der Waals surface area contributed by atoms with Gasteiger partial charge in [0, 0.05) is 26.1 Å². The summed E-state index contributed by atoms with van der Waals surface area (Å²) in [5, 5.41) is 15.1. The van der Waals surface area contributed by atoms with Crippen molar-refractivity contribution in [3.05, 3.63) is 21.5 Å². The number of carbonyl (C=O) groups is 1. The predicted molar refractivity (Wildman–Crippen MR) is 78.0 cm³/mol. The Morgan fingerprint density at radius 3 is 2.52 bits per heavy atom. The van der Waals surface area contributed by atoms with E-state index in [1.807, 2.05) is 4.90 Å². The van der Waals surface area contributed by atoms with Crippen LogP contribution in [0.25, 0.3) is 0 Å². The molecule has 0 spiro atoms. The van der Waals surface area contributed by atoms with Crippen LogP contribution in [0.1, 0.15) is 43.5 Å². The second kappa shape index (κ2) is 6.69. The second-order valence-corrected chi connectivity index (χ2v) is 5.54. The minimum Gasteiger partial charge on any atom is -0.343 e. The molecule has 0 bridgehead atoms. The highest BCUT2D eigenvalue weighted by Gasteiger charge is 2.22. The van der Waals surface area contributed by atoms with E-state index >= 15 is 0 Å². The van der Waals surface area contributed by atoms with Gasteiger partial charge in [-0.3, -0.25) is 19.6 Å². The first kappa shape index (κ1) is 15.5. The summed E-state index contributed by atoms with van der Waals surface area (Å²) in [4.78, 5) is 24.5. The number of hydrogen-bond donors (Lipinski definition) is 0. The number of nitro groups is 1. The number of likely N-dealkylation sites (tertiary alicyclic amines) is 1. The van der Waals surface area contributed by atoms with Gasteiger partial charge in [0.05, 0.1) is 4.92 Å². The molecule has 0 unspecified atom stereocenters. The number of hydrogen-bond acceptors (Lipinski definition) is 4. The molecule has 116 valence electrons. The Hall–Kier alpha value is -1.92.